The Kier molecular flexibility index (Phi) is 12.8. The summed E-state index contributed by atoms with van der Waals surface area (Å²) in [6.45, 7) is 5.53. The number of Topliss-reactive ketones (excluding diaryl/α,β-unsaturated/α-hetero) is 1. The number of unbranched alkanes of at least 4 members (excludes halogenated alkanes) is 12. The van der Waals surface area contributed by atoms with Gasteiger partial charge in [0.25, 0.3) is 0 Å². The zero-order valence-electron chi connectivity index (χ0n) is 24.7. The SMILES string of the molecule is CCCCCCCCCCCCCCCC(=O)c1nc2c(=O)nc(N)n(C(=O)C(C)C)c2n1[C@H]1CC[C@@H](CO)O1. The lowest BCUT2D eigenvalue weighted by Gasteiger charge is -2.20. The number of aliphatic hydroxyl groups is 1. The fourth-order valence-electron chi connectivity index (χ4n) is 5.47. The quantitative estimate of drug-likeness (QED) is 0.172. The number of carbonyl (C=O) groups is 2. The van der Waals surface area contributed by atoms with Gasteiger partial charge in [-0.1, -0.05) is 97.8 Å². The molecule has 40 heavy (non-hydrogen) atoms. The van der Waals surface area contributed by atoms with Crippen LogP contribution in [-0.4, -0.2) is 48.6 Å². The Hall–Kier alpha value is -2.59. The second kappa shape index (κ2) is 16.0. The fourth-order valence-corrected chi connectivity index (χ4v) is 5.47. The fraction of sp³-hybridized carbons (Fsp3) is 0.767. The lowest BCUT2D eigenvalue weighted by atomic mass is 10.0. The Morgan fingerprint density at radius 1 is 0.950 bits per heavy atom. The van der Waals surface area contributed by atoms with Crippen LogP contribution in [0.25, 0.3) is 11.2 Å². The van der Waals surface area contributed by atoms with E-state index in [0.717, 1.165) is 19.3 Å². The van der Waals surface area contributed by atoms with Gasteiger partial charge in [-0.2, -0.15) is 4.98 Å². The van der Waals surface area contributed by atoms with Gasteiger partial charge in [0.15, 0.2) is 22.8 Å². The first-order valence-electron chi connectivity index (χ1n) is 15.4. The molecule has 0 amide bonds. The molecule has 0 spiro atoms. The lowest BCUT2D eigenvalue weighted by Crippen LogP contribution is -2.28. The zero-order valence-corrected chi connectivity index (χ0v) is 24.7. The molecule has 0 bridgehead atoms. The number of fused-ring (bicyclic) bond motifs is 1. The highest BCUT2D eigenvalue weighted by atomic mass is 16.5. The van der Waals surface area contributed by atoms with Crippen molar-refractivity contribution in [3.63, 3.8) is 0 Å². The van der Waals surface area contributed by atoms with E-state index in [2.05, 4.69) is 16.9 Å². The van der Waals surface area contributed by atoms with Gasteiger partial charge in [0.1, 0.15) is 6.23 Å². The van der Waals surface area contributed by atoms with Crippen molar-refractivity contribution in [1.82, 2.24) is 19.1 Å². The van der Waals surface area contributed by atoms with Gasteiger partial charge >= 0.3 is 5.56 Å². The molecule has 0 radical (unpaired) electrons. The number of imidazole rings is 1. The topological polar surface area (TPSA) is 142 Å². The summed E-state index contributed by atoms with van der Waals surface area (Å²) >= 11 is 0. The number of hydrogen-bond donors (Lipinski definition) is 2. The second-order valence-corrected chi connectivity index (χ2v) is 11.5. The number of anilines is 1. The molecule has 10 nitrogen and oxygen atoms in total. The van der Waals surface area contributed by atoms with Crippen molar-refractivity contribution in [1.29, 1.82) is 0 Å². The molecular weight excluding hydrogens is 510 g/mol. The first-order valence-corrected chi connectivity index (χ1v) is 15.4. The Morgan fingerprint density at radius 3 is 2.05 bits per heavy atom. The van der Waals surface area contributed by atoms with E-state index < -0.39 is 23.8 Å². The molecule has 0 aliphatic carbocycles. The molecule has 3 N–H and O–H groups in total. The summed E-state index contributed by atoms with van der Waals surface area (Å²) < 4.78 is 8.69. The third kappa shape index (κ3) is 8.22. The van der Waals surface area contributed by atoms with Crippen LogP contribution in [0, 0.1) is 5.92 Å². The number of aromatic nitrogens is 4. The van der Waals surface area contributed by atoms with E-state index >= 15 is 0 Å². The predicted octanol–water partition coefficient (Wildman–Crippen LogP) is 5.81. The zero-order chi connectivity index (χ0) is 29.1. The second-order valence-electron chi connectivity index (χ2n) is 11.5. The van der Waals surface area contributed by atoms with Crippen LogP contribution in [0.3, 0.4) is 0 Å². The third-order valence-electron chi connectivity index (χ3n) is 7.79. The predicted molar refractivity (Wildman–Crippen MR) is 157 cm³/mol. The third-order valence-corrected chi connectivity index (χ3v) is 7.79. The molecule has 1 aliphatic heterocycles. The van der Waals surface area contributed by atoms with E-state index in [4.69, 9.17) is 10.5 Å². The molecule has 224 valence electrons. The Morgan fingerprint density at radius 2 is 1.52 bits per heavy atom. The van der Waals surface area contributed by atoms with Crippen molar-refractivity contribution < 1.29 is 19.4 Å². The van der Waals surface area contributed by atoms with E-state index in [-0.39, 0.29) is 47.7 Å². The Labute approximate surface area is 237 Å². The van der Waals surface area contributed by atoms with Crippen LogP contribution in [0.4, 0.5) is 5.95 Å². The normalized spacial score (nSPS) is 17.3. The maximum Gasteiger partial charge on any atom is 0.302 e. The van der Waals surface area contributed by atoms with Crippen LogP contribution < -0.4 is 11.3 Å². The average Bonchev–Trinajstić information content (AvgIpc) is 3.56. The molecule has 1 saturated heterocycles. The highest BCUT2D eigenvalue weighted by molar-refractivity contribution is 5.98. The van der Waals surface area contributed by atoms with Gasteiger partial charge in [-0.25, -0.2) is 9.55 Å². The number of ketones is 1. The van der Waals surface area contributed by atoms with Crippen molar-refractivity contribution in [2.24, 2.45) is 5.92 Å². The minimum atomic E-state index is -0.689. The van der Waals surface area contributed by atoms with E-state index in [1.54, 1.807) is 13.8 Å². The molecular formula is C30H49N5O5. The molecule has 0 unspecified atom stereocenters. The molecule has 2 aromatic heterocycles. The largest absolute Gasteiger partial charge is 0.394 e. The number of nitrogen functional groups attached to an aromatic ring is 1. The summed E-state index contributed by atoms with van der Waals surface area (Å²) in [5.74, 6) is -1.17. The van der Waals surface area contributed by atoms with Crippen molar-refractivity contribution in [2.75, 3.05) is 12.3 Å². The number of aliphatic hydroxyl groups excluding tert-OH is 1. The molecule has 2 aromatic rings. The van der Waals surface area contributed by atoms with E-state index in [9.17, 15) is 19.5 Å². The molecule has 3 rings (SSSR count). The highest BCUT2D eigenvalue weighted by Crippen LogP contribution is 2.33. The van der Waals surface area contributed by atoms with Crippen molar-refractivity contribution in [3.8, 4) is 0 Å². The molecule has 1 aliphatic rings. The number of ether oxygens (including phenoxy) is 1. The van der Waals surface area contributed by atoms with Crippen LogP contribution >= 0.6 is 0 Å². The van der Waals surface area contributed by atoms with E-state index in [1.807, 2.05) is 0 Å². The first-order chi connectivity index (χ1) is 19.3. The van der Waals surface area contributed by atoms with Gasteiger partial charge in [-0.3, -0.25) is 19.0 Å². The number of hydrogen-bond acceptors (Lipinski definition) is 8. The average molecular weight is 560 g/mol. The van der Waals surface area contributed by atoms with Gasteiger partial charge in [-0.15, -0.1) is 0 Å². The Bertz CT molecular complexity index is 1170. The summed E-state index contributed by atoms with van der Waals surface area (Å²) in [4.78, 5) is 47.5. The minimum Gasteiger partial charge on any atom is -0.394 e. The van der Waals surface area contributed by atoms with Crippen molar-refractivity contribution in [2.45, 2.75) is 136 Å². The molecule has 1 fully saturated rings. The van der Waals surface area contributed by atoms with Crippen molar-refractivity contribution >= 4 is 28.8 Å². The maximum atomic E-state index is 13.4. The highest BCUT2D eigenvalue weighted by Gasteiger charge is 2.34. The van der Waals surface area contributed by atoms with Crippen LogP contribution in [0.2, 0.25) is 0 Å². The number of nitrogens with two attached hydrogens (primary N) is 1. The number of rotatable bonds is 18. The maximum absolute atomic E-state index is 13.4. The molecule has 0 aromatic carbocycles. The molecule has 10 heteroatoms. The summed E-state index contributed by atoms with van der Waals surface area (Å²) in [5.41, 5.74) is 5.41. The van der Waals surface area contributed by atoms with Crippen molar-refractivity contribution in [3.05, 3.63) is 16.2 Å². The molecule has 2 atom stereocenters. The Balaban J connectivity index is 1.64. The van der Waals surface area contributed by atoms with E-state index in [0.29, 0.717) is 12.8 Å². The number of carbonyl (C=O) groups excluding carboxylic acids is 2. The van der Waals surface area contributed by atoms with Gasteiger partial charge in [-0.05, 0) is 19.3 Å². The minimum absolute atomic E-state index is 0.0760. The lowest BCUT2D eigenvalue weighted by molar-refractivity contribution is -0.0217. The van der Waals surface area contributed by atoms with Crippen LogP contribution in [-0.2, 0) is 4.74 Å². The smallest absolute Gasteiger partial charge is 0.302 e. The van der Waals surface area contributed by atoms with Crippen LogP contribution in [0.15, 0.2) is 4.79 Å². The standard InChI is InChI=1S/C30H49N5O5/c1-4-5-6-7-8-9-10-11-12-13-14-15-16-17-23(37)26-32-25-27(38)33-30(31)35(29(39)21(2)3)28(25)34(26)24-19-18-22(20-36)40-24/h21-22,24,36H,4-20H2,1-3H3,(H2,31,33,38)/t22-,24+/m0/s1. The number of nitrogens with zero attached hydrogens (tertiary/aromatic N) is 4. The molecule has 0 saturated carbocycles. The summed E-state index contributed by atoms with van der Waals surface area (Å²) in [5, 5.41) is 9.61. The van der Waals surface area contributed by atoms with Gasteiger partial charge in [0, 0.05) is 12.3 Å². The summed E-state index contributed by atoms with van der Waals surface area (Å²) in [7, 11) is 0. The summed E-state index contributed by atoms with van der Waals surface area (Å²) in [6, 6.07) is 0. The summed E-state index contributed by atoms with van der Waals surface area (Å²) in [6.07, 6.45) is 16.1. The van der Waals surface area contributed by atoms with Crippen LogP contribution in [0.1, 0.15) is 145 Å². The van der Waals surface area contributed by atoms with Gasteiger partial charge < -0.3 is 15.6 Å². The van der Waals surface area contributed by atoms with Gasteiger partial charge in [0.2, 0.25) is 11.9 Å². The van der Waals surface area contributed by atoms with E-state index in [1.165, 1.54) is 73.3 Å². The first kappa shape index (κ1) is 31.9. The van der Waals surface area contributed by atoms with Crippen LogP contribution in [0.5, 0.6) is 0 Å². The van der Waals surface area contributed by atoms with Gasteiger partial charge in [0.05, 0.1) is 12.7 Å². The monoisotopic (exact) mass is 559 g/mol. The molecule has 3 heterocycles.